The molecule has 0 saturated heterocycles. The zero-order valence-corrected chi connectivity index (χ0v) is 47.0. The van der Waals surface area contributed by atoms with Crippen LogP contribution in [0.15, 0.2) is 224 Å². The van der Waals surface area contributed by atoms with Crippen molar-refractivity contribution in [1.29, 1.82) is 0 Å². The summed E-state index contributed by atoms with van der Waals surface area (Å²) < 4.78 is 14.5. The van der Waals surface area contributed by atoms with Gasteiger partial charge < -0.3 is 14.4 Å². The van der Waals surface area contributed by atoms with E-state index in [9.17, 15) is 0 Å². The van der Waals surface area contributed by atoms with Crippen LogP contribution in [0.2, 0.25) is 0 Å². The fourth-order valence-electron chi connectivity index (χ4n) is 16.5. The van der Waals surface area contributed by atoms with Gasteiger partial charge in [-0.15, -0.1) is 0 Å². The van der Waals surface area contributed by atoms with Crippen LogP contribution >= 0.6 is 0 Å². The Balaban J connectivity index is 0.967. The van der Waals surface area contributed by atoms with E-state index in [1.165, 1.54) is 148 Å². The first-order chi connectivity index (χ1) is 39.8. The van der Waals surface area contributed by atoms with E-state index in [1.54, 1.807) is 0 Å². The van der Waals surface area contributed by atoms with E-state index in [1.807, 2.05) is 0 Å². The fourth-order valence-corrected chi connectivity index (χ4v) is 16.5. The third kappa shape index (κ3) is 7.26. The Hall–Kier alpha value is -8.14. The third-order valence-corrected chi connectivity index (χ3v) is 20.4. The first-order valence-electron chi connectivity index (χ1n) is 30.4. The highest BCUT2D eigenvalue weighted by Crippen LogP contribution is 2.64. The summed E-state index contributed by atoms with van der Waals surface area (Å²) in [5, 5.41) is 0. The van der Waals surface area contributed by atoms with Crippen molar-refractivity contribution in [1.82, 2.24) is 0 Å². The number of rotatable bonds is 7. The molecule has 5 aliphatic carbocycles. The van der Waals surface area contributed by atoms with Crippen molar-refractivity contribution < 1.29 is 9.47 Å². The summed E-state index contributed by atoms with van der Waals surface area (Å²) in [6.45, 7) is 7.09. The molecule has 2 fully saturated rings. The molecule has 0 aromatic heterocycles. The van der Waals surface area contributed by atoms with Gasteiger partial charge in [0.15, 0.2) is 0 Å². The van der Waals surface area contributed by atoms with Gasteiger partial charge in [0.25, 0.3) is 0 Å². The maximum absolute atomic E-state index is 7.27. The molecule has 0 radical (unpaired) electrons. The Morgan fingerprint density at radius 1 is 0.395 bits per heavy atom. The van der Waals surface area contributed by atoms with Gasteiger partial charge in [0.2, 0.25) is 0 Å². The van der Waals surface area contributed by atoms with E-state index < -0.39 is 10.8 Å². The van der Waals surface area contributed by atoms with Crippen molar-refractivity contribution in [2.45, 2.75) is 119 Å². The van der Waals surface area contributed by atoms with Crippen molar-refractivity contribution in [3.8, 4) is 39.5 Å². The molecule has 2 saturated carbocycles. The molecule has 2 heterocycles. The lowest BCUT2D eigenvalue weighted by atomic mass is 9.62. The molecule has 9 aromatic rings. The van der Waals surface area contributed by atoms with E-state index in [2.05, 4.69) is 238 Å². The summed E-state index contributed by atoms with van der Waals surface area (Å²) in [4.78, 5) is 2.55. The van der Waals surface area contributed by atoms with Crippen LogP contribution in [0.1, 0.15) is 164 Å². The topological polar surface area (TPSA) is 21.7 Å². The standard InChI is InChI=1S/C78H69NO2/c1-50-32-41-66-75(44-50)81-73-42-36-58(48-70(73)77(66,55-24-12-6-13-25-55)56-26-14-7-15-27-56)79(57-35-40-61-60-28-16-17-29-64(60)76(2,3)67(61)47-57)59-37-43-74-71(49-59)78(65-30-18-19-31-72(65)80-74)68-45-53(51-20-8-4-9-21-51)33-38-62(68)63-39-34-54(46-69(63)78)52-22-10-5-11-23-52/h6-7,12-19,24-43,45-52H,4-5,8-11,20-23,44H2,1-3H3. The number of allylic oxidation sites excluding steroid dienone is 4. The van der Waals surface area contributed by atoms with Crippen LogP contribution < -0.4 is 14.4 Å². The van der Waals surface area contributed by atoms with Crippen molar-refractivity contribution in [3.63, 3.8) is 0 Å². The van der Waals surface area contributed by atoms with E-state index in [0.29, 0.717) is 17.8 Å². The number of benzene rings is 9. The van der Waals surface area contributed by atoms with Crippen LogP contribution in [0.5, 0.6) is 17.2 Å². The van der Waals surface area contributed by atoms with Gasteiger partial charge in [-0.2, -0.15) is 0 Å². The molecule has 0 N–H and O–H groups in total. The Bertz CT molecular complexity index is 3950. The number of hydrogen-bond acceptors (Lipinski definition) is 3. The molecular weight excluding hydrogens is 983 g/mol. The SMILES string of the molecule is CC1C=CC2=C(C1)Oc1ccc(N(c3ccc4c(c3)C(C)(C)c3ccccc3-4)c3ccc4c(c3)C3(c5ccccc5O4)c4cc(C5CCCCC5)ccc4-c4ccc(C5CCCCC5)cc43)cc1C2(c1ccccc1)c1ccccc1. The summed E-state index contributed by atoms with van der Waals surface area (Å²) in [6, 6.07) is 77.1. The number of para-hydroxylation sites is 1. The molecule has 0 bridgehead atoms. The molecule has 7 aliphatic rings. The smallest absolute Gasteiger partial charge is 0.132 e. The Kier molecular flexibility index (Phi) is 11.3. The van der Waals surface area contributed by atoms with Gasteiger partial charge in [-0.1, -0.05) is 217 Å². The van der Waals surface area contributed by atoms with Crippen LogP contribution in [0.3, 0.4) is 0 Å². The molecule has 81 heavy (non-hydrogen) atoms. The Labute approximate surface area is 478 Å². The van der Waals surface area contributed by atoms with Crippen LogP contribution in [0.4, 0.5) is 17.1 Å². The van der Waals surface area contributed by atoms with Crippen molar-refractivity contribution in [2.24, 2.45) is 5.92 Å². The monoisotopic (exact) mass is 1050 g/mol. The van der Waals surface area contributed by atoms with Gasteiger partial charge in [-0.3, -0.25) is 0 Å². The van der Waals surface area contributed by atoms with Crippen LogP contribution in [-0.2, 0) is 16.2 Å². The highest BCUT2D eigenvalue weighted by Gasteiger charge is 2.53. The lowest BCUT2D eigenvalue weighted by molar-refractivity contribution is 0.347. The van der Waals surface area contributed by atoms with Crippen LogP contribution in [-0.4, -0.2) is 0 Å². The van der Waals surface area contributed by atoms with Gasteiger partial charge in [0.1, 0.15) is 23.0 Å². The lowest BCUT2D eigenvalue weighted by Gasteiger charge is -2.44. The first kappa shape index (κ1) is 48.7. The minimum atomic E-state index is -0.661. The summed E-state index contributed by atoms with van der Waals surface area (Å²) in [7, 11) is 0. The van der Waals surface area contributed by atoms with Gasteiger partial charge in [0.05, 0.1) is 10.8 Å². The predicted octanol–water partition coefficient (Wildman–Crippen LogP) is 20.6. The molecule has 3 heteroatoms. The molecule has 1 atom stereocenters. The van der Waals surface area contributed by atoms with Crippen LogP contribution in [0.25, 0.3) is 22.3 Å². The first-order valence-corrected chi connectivity index (χ1v) is 30.4. The zero-order valence-electron chi connectivity index (χ0n) is 47.0. The van der Waals surface area contributed by atoms with Crippen LogP contribution in [0, 0.1) is 5.92 Å². The van der Waals surface area contributed by atoms with Crippen molar-refractivity contribution in [3.05, 3.63) is 285 Å². The number of hydrogen-bond donors (Lipinski definition) is 0. The molecule has 3 nitrogen and oxygen atoms in total. The second-order valence-electron chi connectivity index (χ2n) is 25.2. The average molecular weight is 1050 g/mol. The molecule has 2 aliphatic heterocycles. The summed E-state index contributed by atoms with van der Waals surface area (Å²) in [6.07, 6.45) is 18.4. The summed E-state index contributed by atoms with van der Waals surface area (Å²) in [5.41, 5.74) is 22.7. The quantitative estimate of drug-likeness (QED) is 0.159. The normalized spacial score (nSPS) is 19.4. The molecule has 1 spiro atoms. The van der Waals surface area contributed by atoms with Gasteiger partial charge in [-0.25, -0.2) is 0 Å². The molecule has 9 aromatic carbocycles. The predicted molar refractivity (Wildman–Crippen MR) is 331 cm³/mol. The third-order valence-electron chi connectivity index (χ3n) is 20.4. The Morgan fingerprint density at radius 2 is 0.864 bits per heavy atom. The summed E-state index contributed by atoms with van der Waals surface area (Å²) in [5.74, 6) is 5.27. The highest BCUT2D eigenvalue weighted by molar-refractivity contribution is 5.92. The maximum Gasteiger partial charge on any atom is 0.132 e. The second kappa shape index (κ2) is 18.7. The largest absolute Gasteiger partial charge is 0.461 e. The molecular formula is C78H69NO2. The van der Waals surface area contributed by atoms with Gasteiger partial charge in [0, 0.05) is 51.2 Å². The highest BCUT2D eigenvalue weighted by atomic mass is 16.5. The van der Waals surface area contributed by atoms with E-state index in [4.69, 9.17) is 9.47 Å². The average Bonchev–Trinajstić information content (AvgIpc) is 3.66. The van der Waals surface area contributed by atoms with Gasteiger partial charge >= 0.3 is 0 Å². The van der Waals surface area contributed by atoms with E-state index in [-0.39, 0.29) is 5.41 Å². The molecule has 16 rings (SSSR count). The number of fused-ring (bicyclic) bond motifs is 13. The van der Waals surface area contributed by atoms with E-state index in [0.717, 1.165) is 52.1 Å². The molecule has 0 amide bonds. The van der Waals surface area contributed by atoms with E-state index >= 15 is 0 Å². The van der Waals surface area contributed by atoms with Gasteiger partial charge in [-0.05, 0) is 165 Å². The van der Waals surface area contributed by atoms with Crippen molar-refractivity contribution in [2.75, 3.05) is 4.90 Å². The molecule has 398 valence electrons. The summed E-state index contributed by atoms with van der Waals surface area (Å²) >= 11 is 0. The fraction of sp³-hybridized carbons (Fsp3) is 0.256. The minimum absolute atomic E-state index is 0.207. The minimum Gasteiger partial charge on any atom is -0.461 e. The zero-order chi connectivity index (χ0) is 54.0. The number of ether oxygens (including phenoxy) is 2. The number of anilines is 3. The maximum atomic E-state index is 7.27. The Morgan fingerprint density at radius 3 is 1.48 bits per heavy atom. The van der Waals surface area contributed by atoms with Crippen molar-refractivity contribution >= 4 is 17.1 Å². The second-order valence-corrected chi connectivity index (χ2v) is 25.2. The lowest BCUT2D eigenvalue weighted by Crippen LogP contribution is -2.37. The molecule has 1 unspecified atom stereocenters. The number of nitrogens with zero attached hydrogens (tertiary/aromatic N) is 1.